The fourth-order valence-corrected chi connectivity index (χ4v) is 6.86. The molecule has 3 aromatic heterocycles. The zero-order valence-electron chi connectivity index (χ0n) is 17.1. The number of aromatic nitrogens is 3. The standard InChI is InChI=1S/C27H14ClN3S2/c28-27-30-25(15-12-13-17-16-6-1-3-9-20(16)33-23(17)14-15)29-26(31-27)19-8-5-11-22-24(19)18-7-2-4-10-21(18)32-22/h1-14H. The molecule has 0 fully saturated rings. The van der Waals surface area contributed by atoms with E-state index >= 15 is 0 Å². The van der Waals surface area contributed by atoms with E-state index in [2.05, 4.69) is 88.8 Å². The van der Waals surface area contributed by atoms with Crippen molar-refractivity contribution in [3.05, 3.63) is 90.2 Å². The second kappa shape index (κ2) is 7.32. The van der Waals surface area contributed by atoms with Crippen LogP contribution in [0.15, 0.2) is 84.9 Å². The van der Waals surface area contributed by atoms with Crippen molar-refractivity contribution in [2.24, 2.45) is 0 Å². The summed E-state index contributed by atoms with van der Waals surface area (Å²) < 4.78 is 4.93. The summed E-state index contributed by atoms with van der Waals surface area (Å²) in [6.45, 7) is 0. The molecule has 0 N–H and O–H groups in total. The van der Waals surface area contributed by atoms with Crippen LogP contribution in [0.1, 0.15) is 0 Å². The molecular weight excluding hydrogens is 466 g/mol. The van der Waals surface area contributed by atoms with E-state index in [1.54, 1.807) is 22.7 Å². The van der Waals surface area contributed by atoms with Crippen LogP contribution in [0.3, 0.4) is 0 Å². The van der Waals surface area contributed by atoms with Crippen LogP contribution in [0.4, 0.5) is 0 Å². The molecule has 0 saturated heterocycles. The highest BCUT2D eigenvalue weighted by atomic mass is 35.5. The minimum Gasteiger partial charge on any atom is -0.208 e. The first-order chi connectivity index (χ1) is 16.2. The number of benzene rings is 4. The van der Waals surface area contributed by atoms with Crippen LogP contribution in [0.2, 0.25) is 5.28 Å². The smallest absolute Gasteiger partial charge is 0.208 e. The Bertz CT molecular complexity index is 1850. The Morgan fingerprint density at radius 1 is 0.545 bits per heavy atom. The maximum Gasteiger partial charge on any atom is 0.226 e. The van der Waals surface area contributed by atoms with Crippen molar-refractivity contribution in [2.75, 3.05) is 0 Å². The van der Waals surface area contributed by atoms with Gasteiger partial charge in [-0.3, -0.25) is 0 Å². The molecule has 0 amide bonds. The van der Waals surface area contributed by atoms with Crippen LogP contribution in [0, 0.1) is 0 Å². The van der Waals surface area contributed by atoms with Gasteiger partial charge in [-0.25, -0.2) is 4.98 Å². The predicted octanol–water partition coefficient (Wildman–Crippen LogP) is 8.59. The van der Waals surface area contributed by atoms with E-state index in [0.717, 1.165) is 16.5 Å². The molecule has 7 aromatic rings. The van der Waals surface area contributed by atoms with Crippen molar-refractivity contribution in [3.8, 4) is 22.8 Å². The van der Waals surface area contributed by atoms with Gasteiger partial charge in [0.25, 0.3) is 0 Å². The highest BCUT2D eigenvalue weighted by Gasteiger charge is 2.16. The number of hydrogen-bond acceptors (Lipinski definition) is 5. The summed E-state index contributed by atoms with van der Waals surface area (Å²) in [4.78, 5) is 13.9. The lowest BCUT2D eigenvalue weighted by Crippen LogP contribution is -1.97. The molecular formula is C27H14ClN3S2. The van der Waals surface area contributed by atoms with Crippen LogP contribution >= 0.6 is 34.3 Å². The first kappa shape index (κ1) is 19.1. The van der Waals surface area contributed by atoms with Gasteiger partial charge in [0.1, 0.15) is 0 Å². The average molecular weight is 480 g/mol. The number of rotatable bonds is 2. The SMILES string of the molecule is Clc1nc(-c2ccc3c(c2)sc2ccccc23)nc(-c2cccc3sc4ccccc4c23)n1. The zero-order chi connectivity index (χ0) is 21.9. The van der Waals surface area contributed by atoms with Gasteiger partial charge in [0.05, 0.1) is 0 Å². The molecule has 0 aliphatic carbocycles. The van der Waals surface area contributed by atoms with Crippen LogP contribution in [0.25, 0.3) is 63.1 Å². The van der Waals surface area contributed by atoms with Gasteiger partial charge in [-0.05, 0) is 35.9 Å². The van der Waals surface area contributed by atoms with Gasteiger partial charge in [-0.15, -0.1) is 22.7 Å². The lowest BCUT2D eigenvalue weighted by molar-refractivity contribution is 1.07. The second-order valence-electron chi connectivity index (χ2n) is 7.84. The van der Waals surface area contributed by atoms with E-state index in [-0.39, 0.29) is 5.28 Å². The van der Waals surface area contributed by atoms with Crippen LogP contribution in [-0.2, 0) is 0 Å². The van der Waals surface area contributed by atoms with Gasteiger partial charge in [-0.2, -0.15) is 9.97 Å². The first-order valence-electron chi connectivity index (χ1n) is 10.5. The number of nitrogens with zero attached hydrogens (tertiary/aromatic N) is 3. The normalized spacial score (nSPS) is 11.8. The summed E-state index contributed by atoms with van der Waals surface area (Å²) >= 11 is 9.97. The Labute approximate surface area is 202 Å². The van der Waals surface area contributed by atoms with Gasteiger partial charge in [0.2, 0.25) is 5.28 Å². The van der Waals surface area contributed by atoms with Gasteiger partial charge in [0.15, 0.2) is 11.6 Å². The van der Waals surface area contributed by atoms with E-state index in [0.29, 0.717) is 11.6 Å². The van der Waals surface area contributed by atoms with Crippen LogP contribution < -0.4 is 0 Å². The molecule has 4 aromatic carbocycles. The minimum absolute atomic E-state index is 0.197. The molecule has 0 radical (unpaired) electrons. The zero-order valence-corrected chi connectivity index (χ0v) is 19.5. The Morgan fingerprint density at radius 2 is 1.21 bits per heavy atom. The van der Waals surface area contributed by atoms with E-state index < -0.39 is 0 Å². The molecule has 6 heteroatoms. The topological polar surface area (TPSA) is 38.7 Å². The minimum atomic E-state index is 0.197. The molecule has 0 saturated carbocycles. The third-order valence-corrected chi connectivity index (χ3v) is 8.33. The molecule has 0 aliphatic rings. The summed E-state index contributed by atoms with van der Waals surface area (Å²) in [5, 5.41) is 5.08. The Hall–Kier alpha value is -3.38. The van der Waals surface area contributed by atoms with Crippen molar-refractivity contribution in [2.45, 2.75) is 0 Å². The van der Waals surface area contributed by atoms with Crippen molar-refractivity contribution in [3.63, 3.8) is 0 Å². The van der Waals surface area contributed by atoms with E-state index in [1.165, 1.54) is 35.0 Å². The molecule has 3 nitrogen and oxygen atoms in total. The van der Waals surface area contributed by atoms with Crippen molar-refractivity contribution < 1.29 is 0 Å². The molecule has 156 valence electrons. The summed E-state index contributed by atoms with van der Waals surface area (Å²) in [7, 11) is 0. The average Bonchev–Trinajstić information content (AvgIpc) is 3.41. The Morgan fingerprint density at radius 3 is 2.09 bits per heavy atom. The maximum absolute atomic E-state index is 6.42. The molecule has 7 rings (SSSR count). The molecule has 0 aliphatic heterocycles. The maximum atomic E-state index is 6.42. The Kier molecular flexibility index (Phi) is 4.24. The number of hydrogen-bond donors (Lipinski definition) is 0. The quantitative estimate of drug-likeness (QED) is 0.249. The van der Waals surface area contributed by atoms with E-state index in [4.69, 9.17) is 16.6 Å². The Balaban J connectivity index is 1.44. The predicted molar refractivity (Wildman–Crippen MR) is 141 cm³/mol. The van der Waals surface area contributed by atoms with Gasteiger partial charge >= 0.3 is 0 Å². The lowest BCUT2D eigenvalue weighted by atomic mass is 10.1. The summed E-state index contributed by atoms with van der Waals surface area (Å²) in [6.07, 6.45) is 0. The number of fused-ring (bicyclic) bond motifs is 6. The molecule has 0 atom stereocenters. The van der Waals surface area contributed by atoms with Crippen molar-refractivity contribution in [1.82, 2.24) is 15.0 Å². The molecule has 0 spiro atoms. The monoisotopic (exact) mass is 479 g/mol. The highest BCUT2D eigenvalue weighted by Crippen LogP contribution is 2.40. The largest absolute Gasteiger partial charge is 0.226 e. The lowest BCUT2D eigenvalue weighted by Gasteiger charge is -2.07. The molecule has 0 unspecified atom stereocenters. The number of thiophene rings is 2. The number of halogens is 1. The fraction of sp³-hybridized carbons (Fsp3) is 0. The van der Waals surface area contributed by atoms with Crippen molar-refractivity contribution >= 4 is 74.6 Å². The van der Waals surface area contributed by atoms with Gasteiger partial charge < -0.3 is 0 Å². The first-order valence-corrected chi connectivity index (χ1v) is 12.5. The van der Waals surface area contributed by atoms with Crippen molar-refractivity contribution in [1.29, 1.82) is 0 Å². The van der Waals surface area contributed by atoms with Gasteiger partial charge in [0, 0.05) is 51.5 Å². The fourth-order valence-electron chi connectivity index (χ4n) is 4.43. The second-order valence-corrected chi connectivity index (χ2v) is 10.3. The molecule has 0 bridgehead atoms. The van der Waals surface area contributed by atoms with Crippen LogP contribution in [-0.4, -0.2) is 15.0 Å². The third kappa shape index (κ3) is 3.04. The van der Waals surface area contributed by atoms with E-state index in [9.17, 15) is 0 Å². The highest BCUT2D eigenvalue weighted by molar-refractivity contribution is 7.26. The van der Waals surface area contributed by atoms with E-state index in [1.807, 2.05) is 6.07 Å². The summed E-state index contributed by atoms with van der Waals surface area (Å²) in [5.74, 6) is 1.18. The summed E-state index contributed by atoms with van der Waals surface area (Å²) in [6, 6.07) is 29.5. The van der Waals surface area contributed by atoms with Gasteiger partial charge in [-0.1, -0.05) is 60.7 Å². The third-order valence-electron chi connectivity index (χ3n) is 5.89. The molecule has 3 heterocycles. The van der Waals surface area contributed by atoms with Crippen LogP contribution in [0.5, 0.6) is 0 Å². The molecule has 33 heavy (non-hydrogen) atoms. The summed E-state index contributed by atoms with van der Waals surface area (Å²) in [5.41, 5.74) is 1.90.